The van der Waals surface area contributed by atoms with Gasteiger partial charge in [-0.2, -0.15) is 0 Å². The number of nitrogens with zero attached hydrogens (tertiary/aromatic N) is 4. The Morgan fingerprint density at radius 1 is 0.946 bits per heavy atom. The molecule has 1 saturated carbocycles. The zero-order valence-electron chi connectivity index (χ0n) is 22.7. The Labute approximate surface area is 225 Å². The molecule has 5 rings (SSSR count). The fraction of sp³-hybridized carbons (Fsp3) is 0.567. The minimum Gasteiger partial charge on any atom is -0.342 e. The molecule has 3 fully saturated rings. The number of likely N-dealkylation sites (tertiary alicyclic amines) is 1. The predicted octanol–water partition coefficient (Wildman–Crippen LogP) is 5.00. The summed E-state index contributed by atoms with van der Waals surface area (Å²) in [6, 6.07) is 10.3. The number of piperazine rings is 1. The normalized spacial score (nSPS) is 22.5. The lowest BCUT2D eigenvalue weighted by Gasteiger charge is -2.33. The summed E-state index contributed by atoms with van der Waals surface area (Å²) in [7, 11) is 0. The highest BCUT2D eigenvalue weighted by Gasteiger charge is 2.68. The molecule has 0 bridgehead atoms. The Morgan fingerprint density at radius 2 is 1.59 bits per heavy atom. The van der Waals surface area contributed by atoms with Crippen LogP contribution in [0.2, 0.25) is 0 Å². The number of aromatic nitrogens is 1. The van der Waals surface area contributed by atoms with Crippen LogP contribution in [0.25, 0.3) is 6.08 Å². The van der Waals surface area contributed by atoms with E-state index in [2.05, 4.69) is 61.8 Å². The van der Waals surface area contributed by atoms with Crippen LogP contribution in [0.4, 0.5) is 0 Å². The van der Waals surface area contributed by atoms with Crippen molar-refractivity contribution in [2.45, 2.75) is 46.5 Å². The van der Waals surface area contributed by atoms with Crippen LogP contribution in [0.15, 0.2) is 41.8 Å². The van der Waals surface area contributed by atoms with Crippen LogP contribution in [0, 0.1) is 16.7 Å². The molecule has 1 aliphatic carbocycles. The lowest BCUT2D eigenvalue weighted by molar-refractivity contribution is -0.134. The molecule has 0 radical (unpaired) electrons. The van der Waals surface area contributed by atoms with Crippen molar-refractivity contribution in [1.29, 1.82) is 0 Å². The molecule has 0 atom stereocenters. The molecular formula is C30H40N4O2S. The maximum absolute atomic E-state index is 13.1. The van der Waals surface area contributed by atoms with Crippen LogP contribution in [0.5, 0.6) is 0 Å². The van der Waals surface area contributed by atoms with Crippen LogP contribution in [-0.4, -0.2) is 77.3 Å². The van der Waals surface area contributed by atoms with Gasteiger partial charge in [0.15, 0.2) is 0 Å². The van der Waals surface area contributed by atoms with Crippen molar-refractivity contribution in [2.75, 3.05) is 45.8 Å². The molecule has 2 aromatic rings. The Kier molecular flexibility index (Phi) is 7.29. The summed E-state index contributed by atoms with van der Waals surface area (Å²) in [5.41, 5.74) is 1.95. The van der Waals surface area contributed by atoms with E-state index < -0.39 is 0 Å². The van der Waals surface area contributed by atoms with E-state index in [1.165, 1.54) is 5.56 Å². The summed E-state index contributed by atoms with van der Waals surface area (Å²) >= 11 is 1.60. The maximum Gasteiger partial charge on any atom is 0.273 e. The van der Waals surface area contributed by atoms with Gasteiger partial charge in [0.05, 0.1) is 5.01 Å². The highest BCUT2D eigenvalue weighted by molar-refractivity contribution is 7.09. The number of amides is 2. The summed E-state index contributed by atoms with van der Waals surface area (Å²) in [6.45, 7) is 14.5. The van der Waals surface area contributed by atoms with Crippen LogP contribution in [0.1, 0.15) is 67.5 Å². The number of carbonyl (C=O) groups excluding carboxylic acids is 2. The molecule has 7 heteroatoms. The number of thiazole rings is 1. The Morgan fingerprint density at radius 3 is 2.22 bits per heavy atom. The van der Waals surface area contributed by atoms with Crippen LogP contribution in [0.3, 0.4) is 0 Å². The second-order valence-corrected chi connectivity index (χ2v) is 12.8. The Bertz CT molecular complexity index is 1130. The van der Waals surface area contributed by atoms with E-state index in [4.69, 9.17) is 4.98 Å². The minimum atomic E-state index is 0.0489. The van der Waals surface area contributed by atoms with Crippen molar-refractivity contribution < 1.29 is 9.59 Å². The molecule has 3 heterocycles. The van der Waals surface area contributed by atoms with Crippen LogP contribution in [-0.2, 0) is 4.79 Å². The van der Waals surface area contributed by atoms with Gasteiger partial charge in [-0.25, -0.2) is 4.98 Å². The first-order valence-electron chi connectivity index (χ1n) is 13.7. The second-order valence-electron chi connectivity index (χ2n) is 12.0. The van der Waals surface area contributed by atoms with E-state index in [-0.39, 0.29) is 22.7 Å². The smallest absolute Gasteiger partial charge is 0.273 e. The van der Waals surface area contributed by atoms with Crippen molar-refractivity contribution in [3.63, 3.8) is 0 Å². The molecule has 198 valence electrons. The third-order valence-electron chi connectivity index (χ3n) is 9.30. The first-order valence-corrected chi connectivity index (χ1v) is 14.5. The number of hydrogen-bond acceptors (Lipinski definition) is 5. The van der Waals surface area contributed by atoms with Gasteiger partial charge in [-0.15, -0.1) is 11.3 Å². The summed E-state index contributed by atoms with van der Waals surface area (Å²) < 4.78 is 0. The summed E-state index contributed by atoms with van der Waals surface area (Å²) in [5, 5.41) is 2.98. The van der Waals surface area contributed by atoms with Gasteiger partial charge in [0.25, 0.3) is 5.91 Å². The fourth-order valence-corrected chi connectivity index (χ4v) is 7.08. The van der Waals surface area contributed by atoms with E-state index in [0.717, 1.165) is 63.7 Å². The lowest BCUT2D eigenvalue weighted by Crippen LogP contribution is -2.48. The SMILES string of the molecule is CC1(C)C(C(=O)N2CCC(c3nc(C(=O)N4CCN(C/C=C\c5ccccc5)CC4)cs3)CC2)C1(C)C. The fourth-order valence-electron chi connectivity index (χ4n) is 6.11. The minimum absolute atomic E-state index is 0.0489. The molecule has 1 aromatic carbocycles. The first-order chi connectivity index (χ1) is 17.7. The highest BCUT2D eigenvalue weighted by Crippen LogP contribution is 2.68. The molecule has 6 nitrogen and oxygen atoms in total. The summed E-state index contributed by atoms with van der Waals surface area (Å²) in [4.78, 5) is 37.4. The van der Waals surface area contributed by atoms with Crippen molar-refractivity contribution in [1.82, 2.24) is 19.7 Å². The van der Waals surface area contributed by atoms with E-state index in [0.29, 0.717) is 17.5 Å². The van der Waals surface area contributed by atoms with Gasteiger partial charge in [0.1, 0.15) is 5.69 Å². The zero-order chi connectivity index (χ0) is 26.2. The van der Waals surface area contributed by atoms with Gasteiger partial charge in [-0.3, -0.25) is 14.5 Å². The first kappa shape index (κ1) is 26.1. The number of benzene rings is 1. The molecule has 2 amide bonds. The molecule has 0 unspecified atom stereocenters. The number of rotatable bonds is 6. The third kappa shape index (κ3) is 5.26. The quantitative estimate of drug-likeness (QED) is 0.538. The number of hydrogen-bond donors (Lipinski definition) is 0. The molecule has 0 spiro atoms. The average molecular weight is 521 g/mol. The molecule has 0 N–H and O–H groups in total. The molecule has 1 aromatic heterocycles. The van der Waals surface area contributed by atoms with Gasteiger partial charge < -0.3 is 9.80 Å². The van der Waals surface area contributed by atoms with Gasteiger partial charge in [0, 0.05) is 63.0 Å². The largest absolute Gasteiger partial charge is 0.342 e. The van der Waals surface area contributed by atoms with E-state index in [1.807, 2.05) is 28.5 Å². The average Bonchev–Trinajstić information content (AvgIpc) is 3.22. The van der Waals surface area contributed by atoms with E-state index in [1.54, 1.807) is 11.3 Å². The number of piperidine rings is 1. The molecule has 37 heavy (non-hydrogen) atoms. The summed E-state index contributed by atoms with van der Waals surface area (Å²) in [6.07, 6.45) is 6.21. The van der Waals surface area contributed by atoms with Crippen molar-refractivity contribution in [2.24, 2.45) is 16.7 Å². The zero-order valence-corrected chi connectivity index (χ0v) is 23.5. The van der Waals surface area contributed by atoms with Crippen molar-refractivity contribution in [3.8, 4) is 0 Å². The molecule has 2 aliphatic heterocycles. The highest BCUT2D eigenvalue weighted by atomic mass is 32.1. The molecule has 2 saturated heterocycles. The summed E-state index contributed by atoms with van der Waals surface area (Å²) in [5.74, 6) is 0.830. The van der Waals surface area contributed by atoms with Gasteiger partial charge in [-0.05, 0) is 29.2 Å². The Balaban J connectivity index is 1.08. The lowest BCUT2D eigenvalue weighted by atomic mass is 9.96. The Hall–Kier alpha value is -2.51. The number of carbonyl (C=O) groups is 2. The van der Waals surface area contributed by atoms with E-state index in [9.17, 15) is 9.59 Å². The monoisotopic (exact) mass is 520 g/mol. The van der Waals surface area contributed by atoms with Crippen LogP contribution >= 0.6 is 11.3 Å². The predicted molar refractivity (Wildman–Crippen MR) is 150 cm³/mol. The van der Waals surface area contributed by atoms with Crippen molar-refractivity contribution >= 4 is 29.2 Å². The molecule has 3 aliphatic rings. The van der Waals surface area contributed by atoms with Gasteiger partial charge >= 0.3 is 0 Å². The van der Waals surface area contributed by atoms with Gasteiger partial charge in [0.2, 0.25) is 5.91 Å². The standard InChI is InChI=1S/C30H40N4O2S/c1-29(2)25(30(29,3)4)28(36)33-15-12-23(13-16-33)26-31-24(21-37-26)27(35)34-19-17-32(18-20-34)14-8-11-22-9-6-5-7-10-22/h5-11,21,23,25H,12-20H2,1-4H3/b11-8-. The maximum atomic E-state index is 13.1. The topological polar surface area (TPSA) is 56.8 Å². The van der Waals surface area contributed by atoms with Gasteiger partial charge in [-0.1, -0.05) is 70.2 Å². The van der Waals surface area contributed by atoms with E-state index >= 15 is 0 Å². The van der Waals surface area contributed by atoms with Crippen LogP contribution < -0.4 is 0 Å². The third-order valence-corrected chi connectivity index (χ3v) is 10.3. The molecular weight excluding hydrogens is 480 g/mol. The second kappa shape index (κ2) is 10.3. The van der Waals surface area contributed by atoms with Crippen molar-refractivity contribution in [3.05, 3.63) is 58.1 Å².